The van der Waals surface area contributed by atoms with E-state index in [4.69, 9.17) is 0 Å². The van der Waals surface area contributed by atoms with E-state index in [0.717, 1.165) is 0 Å². The zero-order valence-corrected chi connectivity index (χ0v) is 14.1. The first-order chi connectivity index (χ1) is 13.5. The molecule has 4 aromatic rings. The molecule has 0 spiro atoms. The molecule has 28 heavy (non-hydrogen) atoms. The first-order valence-electron chi connectivity index (χ1n) is 8.29. The number of benzene rings is 3. The summed E-state index contributed by atoms with van der Waals surface area (Å²) in [5, 5.41) is 24.1. The minimum atomic E-state index is -0.609. The number of nitro groups is 2. The molecule has 8 heteroatoms. The molecule has 0 N–H and O–H groups in total. The van der Waals surface area contributed by atoms with Crippen molar-refractivity contribution in [3.05, 3.63) is 86.1 Å². The highest BCUT2D eigenvalue weighted by molar-refractivity contribution is 6.30. The van der Waals surface area contributed by atoms with E-state index in [2.05, 4.69) is 4.98 Å². The van der Waals surface area contributed by atoms with E-state index < -0.39 is 9.85 Å². The van der Waals surface area contributed by atoms with Crippen molar-refractivity contribution in [1.29, 1.82) is 0 Å². The molecule has 3 aromatic carbocycles. The number of pyridine rings is 1. The SMILES string of the molecule is O=C1c2c(ccc3ncccc23)-c2cc([N+](=O)[O-])cc3cc([N+](=O)[O-])cc1c23. The number of carbonyl (C=O) groups excluding carboxylic acids is 1. The molecule has 0 fully saturated rings. The summed E-state index contributed by atoms with van der Waals surface area (Å²) in [5.41, 5.74) is 1.70. The number of nitro benzene ring substituents is 2. The van der Waals surface area contributed by atoms with Crippen LogP contribution in [0.3, 0.4) is 0 Å². The molecule has 1 aromatic heterocycles. The van der Waals surface area contributed by atoms with Gasteiger partial charge in [0.15, 0.2) is 5.78 Å². The maximum absolute atomic E-state index is 13.3. The Morgan fingerprint density at radius 1 is 0.821 bits per heavy atom. The van der Waals surface area contributed by atoms with Crippen LogP contribution in [0.1, 0.15) is 15.9 Å². The Bertz CT molecular complexity index is 1390. The number of nitrogens with zero attached hydrogens (tertiary/aromatic N) is 3. The standard InChI is InChI=1S/C20H9N3O5/c24-20-16-9-12(23(27)28)7-10-6-11(22(25)26)8-15(18(10)16)13-3-4-17-14(19(13)20)2-1-5-21-17/h1-9H. The van der Waals surface area contributed by atoms with Gasteiger partial charge in [0.1, 0.15) is 0 Å². The molecule has 0 saturated carbocycles. The van der Waals surface area contributed by atoms with Crippen LogP contribution in [0.25, 0.3) is 32.8 Å². The van der Waals surface area contributed by atoms with E-state index in [9.17, 15) is 25.0 Å². The van der Waals surface area contributed by atoms with Crippen LogP contribution in [0.4, 0.5) is 11.4 Å². The van der Waals surface area contributed by atoms with Crippen LogP contribution in [-0.2, 0) is 0 Å². The number of rotatable bonds is 2. The number of hydrogen-bond donors (Lipinski definition) is 0. The number of non-ortho nitro benzene ring substituents is 2. The van der Waals surface area contributed by atoms with Crippen LogP contribution in [0.15, 0.2) is 54.7 Å². The molecular formula is C20H9N3O5. The maximum Gasteiger partial charge on any atom is 0.270 e. The second kappa shape index (κ2) is 5.40. The summed E-state index contributed by atoms with van der Waals surface area (Å²) in [7, 11) is 0. The smallest absolute Gasteiger partial charge is 0.270 e. The van der Waals surface area contributed by atoms with Gasteiger partial charge < -0.3 is 0 Å². The molecule has 134 valence electrons. The summed E-state index contributed by atoms with van der Waals surface area (Å²) in [6.07, 6.45) is 1.60. The number of aromatic nitrogens is 1. The van der Waals surface area contributed by atoms with Gasteiger partial charge in [-0.2, -0.15) is 0 Å². The average molecular weight is 371 g/mol. The fraction of sp³-hybridized carbons (Fsp3) is 0. The average Bonchev–Trinajstić information content (AvgIpc) is 2.70. The molecule has 0 atom stereocenters. The van der Waals surface area contributed by atoms with Gasteiger partial charge in [0.2, 0.25) is 0 Å². The molecule has 0 amide bonds. The lowest BCUT2D eigenvalue weighted by Gasteiger charge is -2.21. The molecular weight excluding hydrogens is 362 g/mol. The van der Waals surface area contributed by atoms with Gasteiger partial charge in [-0.3, -0.25) is 30.0 Å². The van der Waals surface area contributed by atoms with E-state index in [1.807, 2.05) is 0 Å². The summed E-state index contributed by atoms with van der Waals surface area (Å²) < 4.78 is 0. The summed E-state index contributed by atoms with van der Waals surface area (Å²) in [5.74, 6) is -0.358. The normalized spacial score (nSPS) is 12.2. The van der Waals surface area contributed by atoms with Crippen LogP contribution in [0.2, 0.25) is 0 Å². The molecule has 0 unspecified atom stereocenters. The fourth-order valence-corrected chi connectivity index (χ4v) is 3.84. The van der Waals surface area contributed by atoms with E-state index >= 15 is 0 Å². The van der Waals surface area contributed by atoms with Gasteiger partial charge in [0.25, 0.3) is 11.4 Å². The second-order valence-electron chi connectivity index (χ2n) is 6.49. The van der Waals surface area contributed by atoms with E-state index in [1.165, 1.54) is 24.3 Å². The molecule has 1 aliphatic rings. The Kier molecular flexibility index (Phi) is 3.09. The lowest BCUT2D eigenvalue weighted by atomic mass is 9.80. The van der Waals surface area contributed by atoms with Gasteiger partial charge in [0.05, 0.1) is 15.4 Å². The van der Waals surface area contributed by atoms with Gasteiger partial charge in [-0.15, -0.1) is 0 Å². The van der Waals surface area contributed by atoms with Crippen molar-refractivity contribution in [2.45, 2.75) is 0 Å². The number of fused-ring (bicyclic) bond motifs is 4. The summed E-state index contributed by atoms with van der Waals surface area (Å²) in [4.78, 5) is 39.2. The topological polar surface area (TPSA) is 116 Å². The Morgan fingerprint density at radius 3 is 2.18 bits per heavy atom. The highest BCUT2D eigenvalue weighted by Crippen LogP contribution is 2.44. The van der Waals surface area contributed by atoms with Gasteiger partial charge >= 0.3 is 0 Å². The van der Waals surface area contributed by atoms with Gasteiger partial charge in [-0.25, -0.2) is 0 Å². The van der Waals surface area contributed by atoms with Crippen molar-refractivity contribution >= 4 is 38.8 Å². The van der Waals surface area contributed by atoms with Gasteiger partial charge in [-0.05, 0) is 28.6 Å². The van der Waals surface area contributed by atoms with Gasteiger partial charge in [0, 0.05) is 52.4 Å². The Morgan fingerprint density at radius 2 is 1.50 bits per heavy atom. The Hall–Kier alpha value is -4.20. The monoisotopic (exact) mass is 371 g/mol. The van der Waals surface area contributed by atoms with Crippen LogP contribution in [-0.4, -0.2) is 20.6 Å². The van der Waals surface area contributed by atoms with Crippen molar-refractivity contribution in [3.8, 4) is 11.1 Å². The van der Waals surface area contributed by atoms with Gasteiger partial charge in [-0.1, -0.05) is 12.1 Å². The van der Waals surface area contributed by atoms with Crippen LogP contribution in [0, 0.1) is 20.2 Å². The molecule has 8 nitrogen and oxygen atoms in total. The van der Waals surface area contributed by atoms with Crippen molar-refractivity contribution in [2.24, 2.45) is 0 Å². The molecule has 0 radical (unpaired) electrons. The third-order valence-electron chi connectivity index (χ3n) is 4.99. The van der Waals surface area contributed by atoms with E-state index in [-0.39, 0.29) is 22.7 Å². The minimum absolute atomic E-state index is 0.165. The molecule has 0 saturated heterocycles. The highest BCUT2D eigenvalue weighted by atomic mass is 16.6. The predicted octanol–water partition coefficient (Wildman–Crippen LogP) is 4.42. The van der Waals surface area contributed by atoms with Crippen LogP contribution < -0.4 is 0 Å². The first kappa shape index (κ1) is 16.0. The quantitative estimate of drug-likeness (QED) is 0.335. The Labute approximate surface area is 156 Å². The van der Waals surface area contributed by atoms with E-state index in [1.54, 1.807) is 30.5 Å². The second-order valence-corrected chi connectivity index (χ2v) is 6.49. The van der Waals surface area contributed by atoms with Crippen LogP contribution in [0.5, 0.6) is 0 Å². The van der Waals surface area contributed by atoms with Crippen molar-refractivity contribution in [1.82, 2.24) is 4.98 Å². The van der Waals surface area contributed by atoms with Crippen LogP contribution >= 0.6 is 0 Å². The maximum atomic E-state index is 13.3. The predicted molar refractivity (Wildman–Crippen MR) is 101 cm³/mol. The molecule has 1 aliphatic carbocycles. The minimum Gasteiger partial charge on any atom is -0.289 e. The summed E-state index contributed by atoms with van der Waals surface area (Å²) in [6, 6.07) is 12.1. The molecule has 1 heterocycles. The first-order valence-corrected chi connectivity index (χ1v) is 8.29. The Balaban J connectivity index is 2.00. The van der Waals surface area contributed by atoms with Crippen molar-refractivity contribution in [3.63, 3.8) is 0 Å². The third kappa shape index (κ3) is 2.05. The zero-order valence-electron chi connectivity index (χ0n) is 14.1. The van der Waals surface area contributed by atoms with Crippen molar-refractivity contribution < 1.29 is 14.6 Å². The fourth-order valence-electron chi connectivity index (χ4n) is 3.84. The zero-order chi connectivity index (χ0) is 19.6. The molecule has 0 bridgehead atoms. The highest BCUT2D eigenvalue weighted by Gasteiger charge is 2.31. The van der Waals surface area contributed by atoms with Crippen molar-refractivity contribution in [2.75, 3.05) is 0 Å². The lowest BCUT2D eigenvalue weighted by Crippen LogP contribution is -2.12. The molecule has 5 rings (SSSR count). The van der Waals surface area contributed by atoms with E-state index in [0.29, 0.717) is 38.4 Å². The largest absolute Gasteiger partial charge is 0.289 e. The lowest BCUT2D eigenvalue weighted by molar-refractivity contribution is -0.385. The summed E-state index contributed by atoms with van der Waals surface area (Å²) in [6.45, 7) is 0. The third-order valence-corrected chi connectivity index (χ3v) is 4.99. The number of ketones is 1. The number of hydrogen-bond acceptors (Lipinski definition) is 6. The molecule has 0 aliphatic heterocycles. The number of carbonyl (C=O) groups is 1. The summed E-state index contributed by atoms with van der Waals surface area (Å²) >= 11 is 0.